The van der Waals surface area contributed by atoms with Gasteiger partial charge in [0, 0.05) is 19.4 Å². The molecule has 0 radical (unpaired) electrons. The summed E-state index contributed by atoms with van der Waals surface area (Å²) in [5.41, 5.74) is 0. The lowest BCUT2D eigenvalue weighted by atomic mass is 10.1. The number of ether oxygens (including phenoxy) is 2. The summed E-state index contributed by atoms with van der Waals surface area (Å²) in [4.78, 5) is 26.2. The summed E-state index contributed by atoms with van der Waals surface area (Å²) in [6.07, 6.45) is 32.5. The molecule has 42 heavy (non-hydrogen) atoms. The van der Waals surface area contributed by atoms with E-state index in [4.69, 9.17) is 9.47 Å². The number of allylic oxidation sites excluding steroid dienone is 2. The molecule has 0 saturated carbocycles. The van der Waals surface area contributed by atoms with Crippen molar-refractivity contribution in [3.63, 3.8) is 0 Å². The Kier molecular flexibility index (Phi) is 32.5. The van der Waals surface area contributed by atoms with Crippen molar-refractivity contribution < 1.29 is 24.2 Å². The highest BCUT2D eigenvalue weighted by atomic mass is 16.5. The normalized spacial score (nSPS) is 11.7. The van der Waals surface area contributed by atoms with Crippen molar-refractivity contribution in [3.8, 4) is 0 Å². The smallest absolute Gasteiger partial charge is 0.306 e. The van der Waals surface area contributed by atoms with E-state index < -0.39 is 0 Å². The topological polar surface area (TPSA) is 76.1 Å². The van der Waals surface area contributed by atoms with Gasteiger partial charge in [0.1, 0.15) is 13.2 Å². The van der Waals surface area contributed by atoms with Crippen LogP contribution >= 0.6 is 0 Å². The number of carbonyl (C=O) groups excluding carboxylic acids is 2. The molecule has 1 N–H and O–H groups in total. The van der Waals surface area contributed by atoms with Crippen LogP contribution in [-0.4, -0.2) is 61.4 Å². The number of hydrogen-bond acceptors (Lipinski definition) is 6. The van der Waals surface area contributed by atoms with Crippen molar-refractivity contribution >= 4 is 11.9 Å². The Balaban J connectivity index is 3.67. The second kappa shape index (κ2) is 33.8. The maximum absolute atomic E-state index is 11.9. The van der Waals surface area contributed by atoms with E-state index in [0.717, 1.165) is 64.5 Å². The van der Waals surface area contributed by atoms with Crippen molar-refractivity contribution in [2.24, 2.45) is 0 Å². The summed E-state index contributed by atoms with van der Waals surface area (Å²) in [7, 11) is 0. The van der Waals surface area contributed by atoms with Crippen molar-refractivity contribution in [3.05, 3.63) is 24.3 Å². The first kappa shape index (κ1) is 40.3. The first-order valence-corrected chi connectivity index (χ1v) is 17.6. The van der Waals surface area contributed by atoms with Gasteiger partial charge in [-0.15, -0.1) is 0 Å². The van der Waals surface area contributed by atoms with Crippen LogP contribution in [-0.2, 0) is 19.1 Å². The summed E-state index contributed by atoms with van der Waals surface area (Å²) < 4.78 is 10.6. The maximum atomic E-state index is 11.9. The Morgan fingerprint density at radius 2 is 0.929 bits per heavy atom. The lowest BCUT2D eigenvalue weighted by molar-refractivity contribution is -0.143. The molecule has 0 aliphatic rings. The first-order valence-electron chi connectivity index (χ1n) is 17.6. The van der Waals surface area contributed by atoms with Crippen LogP contribution in [0.25, 0.3) is 0 Å². The molecule has 0 amide bonds. The number of carbonyl (C=O) groups is 2. The zero-order chi connectivity index (χ0) is 30.8. The largest absolute Gasteiger partial charge is 0.461 e. The van der Waals surface area contributed by atoms with Crippen molar-refractivity contribution in [1.82, 2.24) is 4.90 Å². The summed E-state index contributed by atoms with van der Waals surface area (Å²) in [5.74, 6) is -0.233. The van der Waals surface area contributed by atoms with E-state index in [2.05, 4.69) is 30.9 Å². The molecule has 0 fully saturated rings. The summed E-state index contributed by atoms with van der Waals surface area (Å²) >= 11 is 0. The minimum atomic E-state index is -0.117. The molecule has 0 aromatic rings. The van der Waals surface area contributed by atoms with E-state index in [0.29, 0.717) is 32.6 Å². The van der Waals surface area contributed by atoms with Crippen LogP contribution in [0.1, 0.15) is 155 Å². The second-order valence-electron chi connectivity index (χ2n) is 11.6. The second-order valence-corrected chi connectivity index (χ2v) is 11.6. The van der Waals surface area contributed by atoms with Crippen molar-refractivity contribution in [2.45, 2.75) is 155 Å². The molecular weight excluding hydrogens is 526 g/mol. The zero-order valence-corrected chi connectivity index (χ0v) is 27.6. The number of aliphatic hydroxyl groups excluding tert-OH is 1. The van der Waals surface area contributed by atoms with Crippen molar-refractivity contribution in [2.75, 3.05) is 39.5 Å². The Hall–Kier alpha value is -1.66. The number of unbranched alkanes of at least 4 members (excludes halogenated alkanes) is 16. The van der Waals surface area contributed by atoms with E-state index >= 15 is 0 Å². The first-order chi connectivity index (χ1) is 20.6. The Labute approximate surface area is 259 Å². The van der Waals surface area contributed by atoms with Gasteiger partial charge in [0.15, 0.2) is 0 Å². The van der Waals surface area contributed by atoms with Gasteiger partial charge in [-0.25, -0.2) is 0 Å². The van der Waals surface area contributed by atoms with Crippen LogP contribution in [0.4, 0.5) is 0 Å². The van der Waals surface area contributed by atoms with Crippen LogP contribution in [0, 0.1) is 0 Å². The van der Waals surface area contributed by atoms with Gasteiger partial charge in [0.2, 0.25) is 0 Å². The van der Waals surface area contributed by atoms with Gasteiger partial charge in [-0.3, -0.25) is 9.59 Å². The van der Waals surface area contributed by atoms with E-state index in [9.17, 15) is 14.7 Å². The minimum absolute atomic E-state index is 0.117. The fourth-order valence-corrected chi connectivity index (χ4v) is 4.92. The quantitative estimate of drug-likeness (QED) is 0.0476. The number of rotatable bonds is 32. The lowest BCUT2D eigenvalue weighted by Crippen LogP contribution is -2.29. The summed E-state index contributed by atoms with van der Waals surface area (Å²) in [6, 6.07) is 0. The van der Waals surface area contributed by atoms with E-state index in [1.807, 2.05) is 12.2 Å². The van der Waals surface area contributed by atoms with Crippen LogP contribution in [0.3, 0.4) is 0 Å². The highest BCUT2D eigenvalue weighted by molar-refractivity contribution is 5.69. The molecular formula is C36H67NO5. The third-order valence-corrected chi connectivity index (χ3v) is 7.59. The third-order valence-electron chi connectivity index (χ3n) is 7.59. The predicted octanol–water partition coefficient (Wildman–Crippen LogP) is 9.10. The minimum Gasteiger partial charge on any atom is -0.461 e. The zero-order valence-electron chi connectivity index (χ0n) is 27.6. The Morgan fingerprint density at radius 1 is 0.524 bits per heavy atom. The van der Waals surface area contributed by atoms with Crippen LogP contribution in [0.2, 0.25) is 0 Å². The molecule has 0 bridgehead atoms. The fourth-order valence-electron chi connectivity index (χ4n) is 4.92. The van der Waals surface area contributed by atoms with Gasteiger partial charge in [-0.2, -0.15) is 0 Å². The number of hydrogen-bond donors (Lipinski definition) is 1. The summed E-state index contributed by atoms with van der Waals surface area (Å²) in [5, 5.41) is 9.40. The molecule has 0 spiro atoms. The molecule has 0 aromatic carbocycles. The predicted molar refractivity (Wildman–Crippen MR) is 177 cm³/mol. The molecule has 0 aromatic heterocycles. The van der Waals surface area contributed by atoms with Gasteiger partial charge >= 0.3 is 11.9 Å². The molecule has 0 atom stereocenters. The van der Waals surface area contributed by atoms with Crippen LogP contribution < -0.4 is 0 Å². The summed E-state index contributed by atoms with van der Waals surface area (Å²) in [6.45, 7) is 7.90. The molecule has 6 heteroatoms. The van der Waals surface area contributed by atoms with E-state index in [-0.39, 0.29) is 18.5 Å². The number of aliphatic hydroxyl groups is 1. The molecule has 0 rings (SSSR count). The average molecular weight is 594 g/mol. The lowest BCUT2D eigenvalue weighted by Gasteiger charge is -2.21. The van der Waals surface area contributed by atoms with E-state index in [1.165, 1.54) is 77.0 Å². The average Bonchev–Trinajstić information content (AvgIpc) is 2.98. The Bertz CT molecular complexity index is 597. The number of esters is 2. The molecule has 6 nitrogen and oxygen atoms in total. The van der Waals surface area contributed by atoms with Gasteiger partial charge in [-0.05, 0) is 64.5 Å². The van der Waals surface area contributed by atoms with Crippen LogP contribution in [0.15, 0.2) is 24.3 Å². The SMILES string of the molecule is CCCCCCCC/C=C/COC(=O)CCCCCN(CCO)CCCCCC(=O)OC/C=C/CCCCCCCC. The third kappa shape index (κ3) is 31.3. The molecule has 0 heterocycles. The standard InChI is InChI=1S/C36H67NO5/c1-3-5-7-9-11-13-15-17-25-33-41-35(39)27-21-19-23-29-37(31-32-38)30-24-20-22-28-36(40)42-34-26-18-16-14-12-10-8-6-4-2/h17-18,25-26,38H,3-16,19-24,27-34H2,1-2H3/b25-17+,26-18+. The Morgan fingerprint density at radius 3 is 1.36 bits per heavy atom. The highest BCUT2D eigenvalue weighted by Gasteiger charge is 2.07. The van der Waals surface area contributed by atoms with Crippen LogP contribution in [0.5, 0.6) is 0 Å². The number of nitrogens with zero attached hydrogens (tertiary/aromatic N) is 1. The van der Waals surface area contributed by atoms with E-state index in [1.54, 1.807) is 0 Å². The molecule has 0 unspecified atom stereocenters. The molecule has 0 aliphatic carbocycles. The van der Waals surface area contributed by atoms with Gasteiger partial charge in [0.05, 0.1) is 6.61 Å². The molecule has 246 valence electrons. The monoisotopic (exact) mass is 594 g/mol. The van der Waals surface area contributed by atoms with Crippen molar-refractivity contribution in [1.29, 1.82) is 0 Å². The molecule has 0 saturated heterocycles. The fraction of sp³-hybridized carbons (Fsp3) is 0.833. The van der Waals surface area contributed by atoms with Gasteiger partial charge in [0.25, 0.3) is 0 Å². The highest BCUT2D eigenvalue weighted by Crippen LogP contribution is 2.09. The maximum Gasteiger partial charge on any atom is 0.306 e. The molecule has 0 aliphatic heterocycles. The van der Waals surface area contributed by atoms with Gasteiger partial charge in [-0.1, -0.05) is 115 Å². The van der Waals surface area contributed by atoms with Gasteiger partial charge < -0.3 is 19.5 Å².